The van der Waals surface area contributed by atoms with Gasteiger partial charge in [-0.15, -0.1) is 11.3 Å². The predicted octanol–water partition coefficient (Wildman–Crippen LogP) is 5.90. The summed E-state index contributed by atoms with van der Waals surface area (Å²) >= 11 is 1.16. The minimum Gasteiger partial charge on any atom is -0.489 e. The standard InChI is InChI=1S/C26H21FN2O4S/c1-18(30)29(24-14-8-7-13-23(24)27)26-28-20(17-34-26)16-33-25(31)22-12-6-5-9-19(22)15-32-21-10-3-2-4-11-21/h2-14,17H,15-16H2,1H3. The lowest BCUT2D eigenvalue weighted by Crippen LogP contribution is -2.23. The molecular formula is C26H21FN2O4S. The molecule has 34 heavy (non-hydrogen) atoms. The van der Waals surface area contributed by atoms with Gasteiger partial charge in [-0.05, 0) is 30.3 Å². The summed E-state index contributed by atoms with van der Waals surface area (Å²) in [4.78, 5) is 30.5. The lowest BCUT2D eigenvalue weighted by molar-refractivity contribution is -0.115. The average molecular weight is 477 g/mol. The van der Waals surface area contributed by atoms with Crippen molar-refractivity contribution in [1.82, 2.24) is 4.98 Å². The molecule has 1 heterocycles. The molecule has 172 valence electrons. The molecule has 3 aromatic carbocycles. The number of hydrogen-bond donors (Lipinski definition) is 0. The number of ether oxygens (including phenoxy) is 2. The second-order valence-electron chi connectivity index (χ2n) is 7.26. The fraction of sp³-hybridized carbons (Fsp3) is 0.115. The zero-order valence-electron chi connectivity index (χ0n) is 18.3. The first-order valence-electron chi connectivity index (χ1n) is 10.5. The normalized spacial score (nSPS) is 10.5. The van der Waals surface area contributed by atoms with Crippen LogP contribution in [0.15, 0.2) is 84.2 Å². The Balaban J connectivity index is 1.43. The maximum Gasteiger partial charge on any atom is 0.338 e. The van der Waals surface area contributed by atoms with Crippen LogP contribution in [0, 0.1) is 5.82 Å². The highest BCUT2D eigenvalue weighted by atomic mass is 32.1. The first-order chi connectivity index (χ1) is 16.5. The number of halogens is 1. The molecule has 4 rings (SSSR count). The fourth-order valence-electron chi connectivity index (χ4n) is 3.25. The van der Waals surface area contributed by atoms with Gasteiger partial charge in [-0.2, -0.15) is 0 Å². The summed E-state index contributed by atoms with van der Waals surface area (Å²) in [5.41, 5.74) is 1.65. The van der Waals surface area contributed by atoms with E-state index >= 15 is 0 Å². The Morgan fingerprint density at radius 3 is 2.41 bits per heavy atom. The van der Waals surface area contributed by atoms with E-state index in [9.17, 15) is 14.0 Å². The van der Waals surface area contributed by atoms with Gasteiger partial charge < -0.3 is 9.47 Å². The monoisotopic (exact) mass is 476 g/mol. The number of aromatic nitrogens is 1. The van der Waals surface area contributed by atoms with Crippen molar-refractivity contribution < 1.29 is 23.5 Å². The van der Waals surface area contributed by atoms with E-state index in [0.29, 0.717) is 27.7 Å². The Morgan fingerprint density at radius 1 is 0.941 bits per heavy atom. The van der Waals surface area contributed by atoms with Crippen molar-refractivity contribution in [2.75, 3.05) is 4.90 Å². The molecule has 0 N–H and O–H groups in total. The van der Waals surface area contributed by atoms with E-state index in [4.69, 9.17) is 9.47 Å². The Morgan fingerprint density at radius 2 is 1.65 bits per heavy atom. The molecule has 0 aliphatic heterocycles. The third-order valence-corrected chi connectivity index (χ3v) is 5.74. The molecule has 0 bridgehead atoms. The van der Waals surface area contributed by atoms with Crippen LogP contribution in [0.2, 0.25) is 0 Å². The molecule has 0 fully saturated rings. The number of nitrogens with zero attached hydrogens (tertiary/aromatic N) is 2. The second kappa shape index (κ2) is 10.7. The van der Waals surface area contributed by atoms with Crippen molar-refractivity contribution in [2.24, 2.45) is 0 Å². The van der Waals surface area contributed by atoms with Gasteiger partial charge in [-0.3, -0.25) is 9.69 Å². The van der Waals surface area contributed by atoms with Crippen molar-refractivity contribution in [3.63, 3.8) is 0 Å². The molecule has 0 saturated heterocycles. The van der Waals surface area contributed by atoms with Crippen molar-refractivity contribution >= 4 is 34.0 Å². The zero-order valence-corrected chi connectivity index (χ0v) is 19.1. The van der Waals surface area contributed by atoms with Crippen LogP contribution in [-0.4, -0.2) is 16.9 Å². The van der Waals surface area contributed by atoms with Gasteiger partial charge in [0, 0.05) is 17.9 Å². The Kier molecular flexibility index (Phi) is 7.29. The number of carbonyl (C=O) groups excluding carboxylic acids is 2. The van der Waals surface area contributed by atoms with Gasteiger partial charge in [0.2, 0.25) is 5.91 Å². The highest BCUT2D eigenvalue weighted by Gasteiger charge is 2.21. The minimum absolute atomic E-state index is 0.0910. The maximum absolute atomic E-state index is 14.2. The number of esters is 1. The van der Waals surface area contributed by atoms with E-state index in [0.717, 1.165) is 11.3 Å². The predicted molar refractivity (Wildman–Crippen MR) is 128 cm³/mol. The fourth-order valence-corrected chi connectivity index (χ4v) is 4.11. The van der Waals surface area contributed by atoms with E-state index in [-0.39, 0.29) is 24.8 Å². The number of para-hydroxylation sites is 2. The van der Waals surface area contributed by atoms with E-state index in [2.05, 4.69) is 4.98 Å². The molecule has 0 unspecified atom stereocenters. The third-order valence-electron chi connectivity index (χ3n) is 4.87. The summed E-state index contributed by atoms with van der Waals surface area (Å²) in [6, 6.07) is 22.4. The van der Waals surface area contributed by atoms with E-state index in [1.54, 1.807) is 35.7 Å². The molecule has 0 saturated carbocycles. The molecular weight excluding hydrogens is 455 g/mol. The van der Waals surface area contributed by atoms with Crippen LogP contribution in [-0.2, 0) is 22.7 Å². The number of rotatable bonds is 8. The van der Waals surface area contributed by atoms with E-state index in [1.165, 1.54) is 24.0 Å². The molecule has 0 aliphatic carbocycles. The van der Waals surface area contributed by atoms with Crippen LogP contribution in [0.5, 0.6) is 5.75 Å². The number of thiazole rings is 1. The van der Waals surface area contributed by atoms with Gasteiger partial charge in [-0.1, -0.05) is 48.5 Å². The molecule has 6 nitrogen and oxygen atoms in total. The minimum atomic E-state index is -0.532. The van der Waals surface area contributed by atoms with E-state index < -0.39 is 11.8 Å². The van der Waals surface area contributed by atoms with Crippen molar-refractivity contribution in [2.45, 2.75) is 20.1 Å². The summed E-state index contributed by atoms with van der Waals surface area (Å²) in [6.45, 7) is 1.46. The maximum atomic E-state index is 14.2. The Bertz CT molecular complexity index is 1290. The lowest BCUT2D eigenvalue weighted by Gasteiger charge is -2.18. The van der Waals surface area contributed by atoms with Gasteiger partial charge in [0.15, 0.2) is 5.13 Å². The summed E-state index contributed by atoms with van der Waals surface area (Å²) in [7, 11) is 0. The van der Waals surface area contributed by atoms with E-state index in [1.807, 2.05) is 36.4 Å². The molecule has 0 radical (unpaired) electrons. The van der Waals surface area contributed by atoms with Crippen molar-refractivity contribution in [3.8, 4) is 5.75 Å². The average Bonchev–Trinajstić information content (AvgIpc) is 3.31. The van der Waals surface area contributed by atoms with Crippen LogP contribution in [0.3, 0.4) is 0 Å². The molecule has 8 heteroatoms. The summed E-state index contributed by atoms with van der Waals surface area (Å²) < 4.78 is 25.5. The van der Waals surface area contributed by atoms with Crippen LogP contribution >= 0.6 is 11.3 Å². The number of hydrogen-bond acceptors (Lipinski definition) is 6. The van der Waals surface area contributed by atoms with Crippen molar-refractivity contribution in [3.05, 3.63) is 107 Å². The van der Waals surface area contributed by atoms with Crippen LogP contribution in [0.25, 0.3) is 0 Å². The molecule has 1 amide bonds. The number of amides is 1. The number of anilines is 2. The molecule has 0 spiro atoms. The van der Waals surface area contributed by atoms with Crippen molar-refractivity contribution in [1.29, 1.82) is 0 Å². The van der Waals surface area contributed by atoms with Gasteiger partial charge in [0.1, 0.15) is 24.8 Å². The highest BCUT2D eigenvalue weighted by molar-refractivity contribution is 7.14. The van der Waals surface area contributed by atoms with Gasteiger partial charge in [0.25, 0.3) is 0 Å². The summed E-state index contributed by atoms with van der Waals surface area (Å²) in [6.07, 6.45) is 0. The molecule has 1 aromatic heterocycles. The second-order valence-corrected chi connectivity index (χ2v) is 8.10. The topological polar surface area (TPSA) is 68.7 Å². The Labute approximate surface area is 200 Å². The SMILES string of the molecule is CC(=O)N(c1nc(COC(=O)c2ccccc2COc2ccccc2)cs1)c1ccccc1F. The lowest BCUT2D eigenvalue weighted by atomic mass is 10.1. The first-order valence-corrected chi connectivity index (χ1v) is 11.3. The number of benzene rings is 3. The summed E-state index contributed by atoms with van der Waals surface area (Å²) in [5.74, 6) is -0.726. The summed E-state index contributed by atoms with van der Waals surface area (Å²) in [5, 5.41) is 1.96. The molecule has 0 atom stereocenters. The largest absolute Gasteiger partial charge is 0.489 e. The van der Waals surface area contributed by atoms with Gasteiger partial charge >= 0.3 is 5.97 Å². The highest BCUT2D eigenvalue weighted by Crippen LogP contribution is 2.31. The third kappa shape index (κ3) is 5.47. The smallest absolute Gasteiger partial charge is 0.338 e. The first kappa shape index (κ1) is 23.1. The molecule has 4 aromatic rings. The number of carbonyl (C=O) groups is 2. The van der Waals surface area contributed by atoms with Gasteiger partial charge in [-0.25, -0.2) is 14.2 Å². The van der Waals surface area contributed by atoms with Crippen LogP contribution in [0.4, 0.5) is 15.2 Å². The van der Waals surface area contributed by atoms with Gasteiger partial charge in [0.05, 0.1) is 16.9 Å². The quantitative estimate of drug-likeness (QED) is 0.296. The zero-order chi connectivity index (χ0) is 23.9. The van der Waals surface area contributed by atoms with Crippen LogP contribution < -0.4 is 9.64 Å². The molecule has 0 aliphatic rings. The Hall–Kier alpha value is -4.04. The van der Waals surface area contributed by atoms with Crippen LogP contribution in [0.1, 0.15) is 28.5 Å².